The van der Waals surface area contributed by atoms with Gasteiger partial charge >= 0.3 is 0 Å². The van der Waals surface area contributed by atoms with E-state index < -0.39 is 0 Å². The summed E-state index contributed by atoms with van der Waals surface area (Å²) >= 11 is 1.48. The van der Waals surface area contributed by atoms with Crippen molar-refractivity contribution in [2.75, 3.05) is 19.8 Å². The maximum atomic E-state index is 11.7. The van der Waals surface area contributed by atoms with Crippen LogP contribution in [-0.2, 0) is 4.74 Å². The Bertz CT molecular complexity index is 278. The molecule has 4 heteroatoms. The summed E-state index contributed by atoms with van der Waals surface area (Å²) in [7, 11) is 0. The van der Waals surface area contributed by atoms with E-state index in [4.69, 9.17) is 4.74 Å². The van der Waals surface area contributed by atoms with Gasteiger partial charge in [0.05, 0.1) is 24.1 Å². The average molecular weight is 197 g/mol. The molecule has 0 spiro atoms. The lowest BCUT2D eigenvalue weighted by Crippen LogP contribution is -2.46. The monoisotopic (exact) mass is 197 g/mol. The average Bonchev–Trinajstić information content (AvgIpc) is 2.71. The number of Topliss-reactive ketones (excluding diaryl/α,β-unsaturated/α-hetero) is 1. The van der Waals surface area contributed by atoms with Crippen molar-refractivity contribution in [2.45, 2.75) is 6.04 Å². The maximum Gasteiger partial charge on any atom is 0.191 e. The number of carbonyl (C=O) groups excluding carboxylic acids is 1. The van der Waals surface area contributed by atoms with Crippen LogP contribution in [0.5, 0.6) is 0 Å². The van der Waals surface area contributed by atoms with Gasteiger partial charge in [-0.2, -0.15) is 0 Å². The molecule has 2 rings (SSSR count). The highest BCUT2D eigenvalue weighted by atomic mass is 32.1. The van der Waals surface area contributed by atoms with Crippen LogP contribution >= 0.6 is 11.3 Å². The van der Waals surface area contributed by atoms with E-state index in [1.165, 1.54) is 11.3 Å². The summed E-state index contributed by atoms with van der Waals surface area (Å²) in [5.41, 5.74) is 0. The van der Waals surface area contributed by atoms with Crippen molar-refractivity contribution >= 4 is 17.1 Å². The van der Waals surface area contributed by atoms with Gasteiger partial charge in [0.2, 0.25) is 0 Å². The third-order valence-corrected chi connectivity index (χ3v) is 2.89. The number of nitrogens with one attached hydrogen (secondary N) is 1. The quantitative estimate of drug-likeness (QED) is 0.716. The number of rotatable bonds is 2. The maximum absolute atomic E-state index is 11.7. The minimum Gasteiger partial charge on any atom is -0.378 e. The predicted octanol–water partition coefficient (Wildman–Crippen LogP) is 0.919. The molecule has 1 aliphatic heterocycles. The number of morpholine rings is 1. The standard InChI is InChI=1S/C9H11NO2S/c11-9(8-2-1-5-13-8)7-6-12-4-3-10-7/h1-2,5,7,10H,3-4,6H2. The van der Waals surface area contributed by atoms with E-state index >= 15 is 0 Å². The lowest BCUT2D eigenvalue weighted by molar-refractivity contribution is 0.0610. The molecule has 1 aromatic heterocycles. The van der Waals surface area contributed by atoms with Crippen LogP contribution in [0.2, 0.25) is 0 Å². The minimum atomic E-state index is -0.146. The molecule has 1 saturated heterocycles. The van der Waals surface area contributed by atoms with Gasteiger partial charge in [0.25, 0.3) is 0 Å². The van der Waals surface area contributed by atoms with Crippen LogP contribution in [-0.4, -0.2) is 31.6 Å². The highest BCUT2D eigenvalue weighted by Gasteiger charge is 2.22. The molecule has 1 unspecified atom stereocenters. The highest BCUT2D eigenvalue weighted by Crippen LogP contribution is 2.12. The zero-order chi connectivity index (χ0) is 9.10. The molecule has 0 saturated carbocycles. The van der Waals surface area contributed by atoms with Crippen molar-refractivity contribution in [3.05, 3.63) is 22.4 Å². The van der Waals surface area contributed by atoms with E-state index in [9.17, 15) is 4.79 Å². The molecule has 1 aliphatic rings. The van der Waals surface area contributed by atoms with Gasteiger partial charge in [-0.1, -0.05) is 6.07 Å². The van der Waals surface area contributed by atoms with Crippen LogP contribution in [0, 0.1) is 0 Å². The van der Waals surface area contributed by atoms with Gasteiger partial charge in [-0.25, -0.2) is 0 Å². The smallest absolute Gasteiger partial charge is 0.191 e. The molecular weight excluding hydrogens is 186 g/mol. The SMILES string of the molecule is O=C(c1cccs1)C1COCCN1. The summed E-state index contributed by atoms with van der Waals surface area (Å²) < 4.78 is 5.22. The van der Waals surface area contributed by atoms with Gasteiger partial charge < -0.3 is 10.1 Å². The van der Waals surface area contributed by atoms with Crippen molar-refractivity contribution in [1.82, 2.24) is 5.32 Å². The van der Waals surface area contributed by atoms with Gasteiger partial charge in [0.1, 0.15) is 0 Å². The number of thiophene rings is 1. The molecule has 13 heavy (non-hydrogen) atoms. The number of hydrogen-bond donors (Lipinski definition) is 1. The molecule has 0 aromatic carbocycles. The molecule has 70 valence electrons. The van der Waals surface area contributed by atoms with Crippen LogP contribution in [0.3, 0.4) is 0 Å². The van der Waals surface area contributed by atoms with Crippen LogP contribution < -0.4 is 5.32 Å². The fourth-order valence-corrected chi connectivity index (χ4v) is 2.04. The largest absolute Gasteiger partial charge is 0.378 e. The van der Waals surface area contributed by atoms with Crippen LogP contribution in [0.4, 0.5) is 0 Å². The Morgan fingerprint density at radius 3 is 3.23 bits per heavy atom. The summed E-state index contributed by atoms with van der Waals surface area (Å²) in [5, 5.41) is 5.05. The summed E-state index contributed by atoms with van der Waals surface area (Å²) in [6.07, 6.45) is 0. The Hall–Kier alpha value is -0.710. The van der Waals surface area contributed by atoms with Gasteiger partial charge in [-0.05, 0) is 11.4 Å². The Labute approximate surface area is 80.7 Å². The number of carbonyl (C=O) groups is 1. The van der Waals surface area contributed by atoms with E-state index in [0.717, 1.165) is 11.4 Å². The van der Waals surface area contributed by atoms with Crippen molar-refractivity contribution < 1.29 is 9.53 Å². The first-order valence-electron chi connectivity index (χ1n) is 4.27. The molecule has 1 N–H and O–H groups in total. The summed E-state index contributed by atoms with van der Waals surface area (Å²) in [6, 6.07) is 3.60. The molecule has 0 radical (unpaired) electrons. The molecular formula is C9H11NO2S. The first kappa shape index (κ1) is 8.87. The molecule has 1 aromatic rings. The Kier molecular flexibility index (Phi) is 2.73. The van der Waals surface area contributed by atoms with Crippen LogP contribution in [0.15, 0.2) is 17.5 Å². The summed E-state index contributed by atoms with van der Waals surface area (Å²) in [5.74, 6) is 0.148. The lowest BCUT2D eigenvalue weighted by atomic mass is 10.1. The lowest BCUT2D eigenvalue weighted by Gasteiger charge is -2.21. The second-order valence-electron chi connectivity index (χ2n) is 2.92. The first-order valence-corrected chi connectivity index (χ1v) is 5.15. The van der Waals surface area contributed by atoms with Crippen molar-refractivity contribution in [3.8, 4) is 0 Å². The molecule has 1 fully saturated rings. The van der Waals surface area contributed by atoms with E-state index in [1.54, 1.807) is 0 Å². The first-order chi connectivity index (χ1) is 6.38. The molecule has 3 nitrogen and oxygen atoms in total. The fourth-order valence-electron chi connectivity index (χ4n) is 1.32. The summed E-state index contributed by atoms with van der Waals surface area (Å²) in [6.45, 7) is 1.97. The Balaban J connectivity index is 2.04. The third-order valence-electron chi connectivity index (χ3n) is 2.00. The molecule has 0 amide bonds. The van der Waals surface area contributed by atoms with Crippen molar-refractivity contribution in [3.63, 3.8) is 0 Å². The van der Waals surface area contributed by atoms with Gasteiger partial charge in [0.15, 0.2) is 5.78 Å². The molecule has 1 atom stereocenters. The fraction of sp³-hybridized carbons (Fsp3) is 0.444. The van der Waals surface area contributed by atoms with Gasteiger partial charge in [-0.3, -0.25) is 4.79 Å². The zero-order valence-electron chi connectivity index (χ0n) is 7.16. The number of ether oxygens (including phenoxy) is 1. The molecule has 0 aliphatic carbocycles. The number of hydrogen-bond acceptors (Lipinski definition) is 4. The second-order valence-corrected chi connectivity index (χ2v) is 3.87. The highest BCUT2D eigenvalue weighted by molar-refractivity contribution is 7.12. The van der Waals surface area contributed by atoms with Crippen molar-refractivity contribution in [1.29, 1.82) is 0 Å². The van der Waals surface area contributed by atoms with E-state index in [0.29, 0.717) is 13.2 Å². The summed E-state index contributed by atoms with van der Waals surface area (Å²) in [4.78, 5) is 12.5. The predicted molar refractivity (Wildman–Crippen MR) is 51.3 cm³/mol. The minimum absolute atomic E-state index is 0.146. The molecule has 0 bridgehead atoms. The Morgan fingerprint density at radius 2 is 2.62 bits per heavy atom. The Morgan fingerprint density at radius 1 is 1.69 bits per heavy atom. The van der Waals surface area contributed by atoms with Gasteiger partial charge in [-0.15, -0.1) is 11.3 Å². The van der Waals surface area contributed by atoms with Crippen LogP contribution in [0.1, 0.15) is 9.67 Å². The van der Waals surface area contributed by atoms with E-state index in [1.807, 2.05) is 17.5 Å². The molecule has 2 heterocycles. The number of ketones is 1. The van der Waals surface area contributed by atoms with Gasteiger partial charge in [0, 0.05) is 6.54 Å². The topological polar surface area (TPSA) is 38.3 Å². The normalized spacial score (nSPS) is 22.9. The van der Waals surface area contributed by atoms with E-state index in [-0.39, 0.29) is 11.8 Å². The second kappa shape index (κ2) is 4.00. The zero-order valence-corrected chi connectivity index (χ0v) is 7.97. The van der Waals surface area contributed by atoms with E-state index in [2.05, 4.69) is 5.32 Å². The van der Waals surface area contributed by atoms with Crippen molar-refractivity contribution in [2.24, 2.45) is 0 Å². The van der Waals surface area contributed by atoms with Crippen LogP contribution in [0.25, 0.3) is 0 Å². The third kappa shape index (κ3) is 1.96.